The zero-order chi connectivity index (χ0) is 31.1. The second kappa shape index (κ2) is 11.4. The number of anilines is 1. The Morgan fingerprint density at radius 1 is 1.07 bits per heavy atom. The van der Waals surface area contributed by atoms with Crippen LogP contribution in [0.3, 0.4) is 0 Å². The van der Waals surface area contributed by atoms with Gasteiger partial charge in [-0.15, -0.1) is 0 Å². The number of rotatable bonds is 7. The number of hydrogen-bond donors (Lipinski definition) is 2. The van der Waals surface area contributed by atoms with Crippen LogP contribution in [0.5, 0.6) is 0 Å². The lowest BCUT2D eigenvalue weighted by Gasteiger charge is -2.30. The van der Waals surface area contributed by atoms with Crippen molar-refractivity contribution < 1.29 is 26.4 Å². The molecule has 0 bridgehead atoms. The molecular weight excluding hydrogens is 599 g/mol. The van der Waals surface area contributed by atoms with Gasteiger partial charge in [0.25, 0.3) is 10.0 Å². The summed E-state index contributed by atoms with van der Waals surface area (Å²) < 4.78 is 69.6. The van der Waals surface area contributed by atoms with Crippen LogP contribution < -0.4 is 10.6 Å². The lowest BCUT2D eigenvalue weighted by molar-refractivity contribution is -0.122. The highest BCUT2D eigenvalue weighted by atomic mass is 32.2. The van der Waals surface area contributed by atoms with Gasteiger partial charge >= 0.3 is 12.2 Å². The van der Waals surface area contributed by atoms with Gasteiger partial charge in [0.1, 0.15) is 12.9 Å². The molecule has 0 unspecified atom stereocenters. The Hall–Kier alpha value is -4.70. The van der Waals surface area contributed by atoms with Crippen molar-refractivity contribution in [3.63, 3.8) is 0 Å². The molecule has 3 aromatic heterocycles. The molecule has 0 atom stereocenters. The molecule has 1 aliphatic heterocycles. The number of amides is 2. The topological polar surface area (TPSA) is 132 Å². The van der Waals surface area contributed by atoms with E-state index in [1.165, 1.54) is 15.1 Å². The van der Waals surface area contributed by atoms with E-state index >= 15 is 0 Å². The Morgan fingerprint density at radius 3 is 2.59 bits per heavy atom. The number of aromatic nitrogens is 6. The van der Waals surface area contributed by atoms with Crippen molar-refractivity contribution in [3.8, 4) is 16.8 Å². The molecule has 0 spiro atoms. The monoisotopic (exact) mass is 627 g/mol. The molecule has 0 radical (unpaired) electrons. The summed E-state index contributed by atoms with van der Waals surface area (Å²) in [5, 5.41) is 12.9. The van der Waals surface area contributed by atoms with Crippen LogP contribution in [0, 0.1) is 0 Å². The summed E-state index contributed by atoms with van der Waals surface area (Å²) >= 11 is 0. The van der Waals surface area contributed by atoms with Crippen molar-refractivity contribution in [2.45, 2.75) is 30.1 Å². The number of sulfonamides is 1. The maximum Gasteiger partial charge on any atom is 0.405 e. The summed E-state index contributed by atoms with van der Waals surface area (Å²) in [5.74, 6) is 0. The van der Waals surface area contributed by atoms with Crippen LogP contribution in [-0.4, -0.2) is 73.7 Å². The number of halogens is 3. The average Bonchev–Trinajstić information content (AvgIpc) is 3.76. The maximum atomic E-state index is 12.9. The summed E-state index contributed by atoms with van der Waals surface area (Å²) in [6, 6.07) is 13.1. The van der Waals surface area contributed by atoms with Crippen LogP contribution in [-0.2, 0) is 17.1 Å². The highest BCUT2D eigenvalue weighted by molar-refractivity contribution is 7.89. The number of nitrogens with zero attached hydrogens (tertiary/aromatic N) is 7. The fourth-order valence-electron chi connectivity index (χ4n) is 5.18. The van der Waals surface area contributed by atoms with E-state index in [9.17, 15) is 26.4 Å². The molecule has 1 saturated heterocycles. The molecule has 2 aromatic carbocycles. The van der Waals surface area contributed by atoms with E-state index in [2.05, 4.69) is 20.5 Å². The van der Waals surface area contributed by atoms with E-state index in [0.717, 1.165) is 16.6 Å². The second-order valence-corrected chi connectivity index (χ2v) is 12.3. The predicted octanol–water partition coefficient (Wildman–Crippen LogP) is 4.33. The fraction of sp³-hybridized carbons (Fsp3) is 0.286. The van der Waals surface area contributed by atoms with Crippen molar-refractivity contribution in [2.75, 3.05) is 25.0 Å². The average molecular weight is 628 g/mol. The molecule has 12 nitrogen and oxygen atoms in total. The third kappa shape index (κ3) is 6.16. The summed E-state index contributed by atoms with van der Waals surface area (Å²) in [4.78, 5) is 16.4. The highest BCUT2D eigenvalue weighted by Crippen LogP contribution is 2.30. The molecule has 0 aliphatic carbocycles. The minimum atomic E-state index is -4.50. The number of carbonyl (C=O) groups excluding carboxylic acids is 1. The Bertz CT molecular complexity index is 1920. The minimum Gasteiger partial charge on any atom is -0.329 e. The second-order valence-electron chi connectivity index (χ2n) is 10.5. The van der Waals surface area contributed by atoms with Crippen LogP contribution in [0.2, 0.25) is 0 Å². The van der Waals surface area contributed by atoms with Gasteiger partial charge in [0.2, 0.25) is 0 Å². The summed E-state index contributed by atoms with van der Waals surface area (Å²) in [5.41, 5.74) is 4.29. The SMILES string of the molecule is Cn1ccc(S(=O)(=O)N2CCC(n3cc(-c4ccc5c(c4)ncn5-c4cccc(NC(=O)NCC(F)(F)F)c4)cn3)CC2)n1. The summed E-state index contributed by atoms with van der Waals surface area (Å²) in [6.45, 7) is -0.684. The van der Waals surface area contributed by atoms with Crippen molar-refractivity contribution in [2.24, 2.45) is 7.05 Å². The molecule has 1 aliphatic rings. The number of benzene rings is 2. The quantitative estimate of drug-likeness (QED) is 0.276. The van der Waals surface area contributed by atoms with Crippen molar-refractivity contribution in [3.05, 3.63) is 73.4 Å². The Morgan fingerprint density at radius 2 is 1.86 bits per heavy atom. The molecule has 44 heavy (non-hydrogen) atoms. The molecule has 1 fully saturated rings. The number of fused-ring (bicyclic) bond motifs is 1. The van der Waals surface area contributed by atoms with Gasteiger partial charge in [0.05, 0.1) is 23.3 Å². The van der Waals surface area contributed by atoms with E-state index in [4.69, 9.17) is 0 Å². The van der Waals surface area contributed by atoms with E-state index in [1.54, 1.807) is 55.4 Å². The smallest absolute Gasteiger partial charge is 0.329 e. The van der Waals surface area contributed by atoms with Crippen LogP contribution in [0.15, 0.2) is 78.5 Å². The molecular formula is C28H28F3N9O3S. The third-order valence-corrected chi connectivity index (χ3v) is 9.20. The van der Waals surface area contributed by atoms with Gasteiger partial charge in [-0.05, 0) is 54.8 Å². The van der Waals surface area contributed by atoms with Gasteiger partial charge < -0.3 is 10.6 Å². The van der Waals surface area contributed by atoms with Gasteiger partial charge in [-0.2, -0.15) is 27.7 Å². The number of hydrogen-bond acceptors (Lipinski definition) is 6. The standard InChI is InChI=1S/C28H28F3N9O3S/c1-37-10-9-26(36-37)44(42,43)38-11-7-22(8-12-38)40-16-20(15-34-40)19-5-6-25-24(13-19)33-18-39(25)23-4-2-3-21(14-23)35-27(41)32-17-28(29,30)31/h2-6,9-10,13-16,18,22H,7-8,11-12,17H2,1H3,(H2,32,35,41). The van der Waals surface area contributed by atoms with E-state index in [1.807, 2.05) is 33.6 Å². The first-order chi connectivity index (χ1) is 21.0. The largest absolute Gasteiger partial charge is 0.405 e. The Kier molecular flexibility index (Phi) is 7.63. The molecule has 16 heteroatoms. The van der Waals surface area contributed by atoms with Crippen molar-refractivity contribution in [1.29, 1.82) is 0 Å². The first-order valence-electron chi connectivity index (χ1n) is 13.7. The van der Waals surface area contributed by atoms with E-state index in [0.29, 0.717) is 42.8 Å². The van der Waals surface area contributed by atoms with Crippen LogP contribution in [0.25, 0.3) is 27.8 Å². The number of alkyl halides is 3. The number of piperidine rings is 1. The van der Waals surface area contributed by atoms with Gasteiger partial charge in [-0.25, -0.2) is 18.2 Å². The number of nitrogens with one attached hydrogen (secondary N) is 2. The molecule has 2 N–H and O–H groups in total. The zero-order valence-electron chi connectivity index (χ0n) is 23.4. The van der Waals surface area contributed by atoms with Crippen LogP contribution in [0.1, 0.15) is 18.9 Å². The minimum absolute atomic E-state index is 0.0503. The lowest BCUT2D eigenvalue weighted by atomic mass is 10.1. The van der Waals surface area contributed by atoms with E-state index in [-0.39, 0.29) is 11.1 Å². The number of urea groups is 1. The summed E-state index contributed by atoms with van der Waals surface area (Å²) in [6.07, 6.45) is 3.70. The molecule has 6 rings (SSSR count). The van der Waals surface area contributed by atoms with Gasteiger partial charge in [0.15, 0.2) is 5.03 Å². The first kappa shape index (κ1) is 29.4. The molecule has 0 saturated carbocycles. The third-order valence-electron chi connectivity index (χ3n) is 7.40. The number of imidazole rings is 1. The molecule has 5 aromatic rings. The fourth-order valence-corrected chi connectivity index (χ4v) is 6.61. The highest BCUT2D eigenvalue weighted by Gasteiger charge is 2.32. The van der Waals surface area contributed by atoms with Crippen LogP contribution in [0.4, 0.5) is 23.7 Å². The number of aryl methyl sites for hydroxylation is 1. The lowest BCUT2D eigenvalue weighted by Crippen LogP contribution is -2.39. The van der Waals surface area contributed by atoms with Crippen molar-refractivity contribution in [1.82, 2.24) is 38.7 Å². The van der Waals surface area contributed by atoms with Gasteiger partial charge in [-0.1, -0.05) is 12.1 Å². The van der Waals surface area contributed by atoms with Gasteiger partial charge in [-0.3, -0.25) is 13.9 Å². The molecule has 4 heterocycles. The zero-order valence-corrected chi connectivity index (χ0v) is 24.3. The first-order valence-corrected chi connectivity index (χ1v) is 15.1. The maximum absolute atomic E-state index is 12.9. The molecule has 2 amide bonds. The Balaban J connectivity index is 1.13. The number of carbonyl (C=O) groups is 1. The van der Waals surface area contributed by atoms with Crippen LogP contribution >= 0.6 is 0 Å². The molecule has 230 valence electrons. The normalized spacial score (nSPS) is 15.1. The Labute approximate surface area is 250 Å². The van der Waals surface area contributed by atoms with Gasteiger partial charge in [0, 0.05) is 49.5 Å². The van der Waals surface area contributed by atoms with Crippen molar-refractivity contribution >= 4 is 32.8 Å². The van der Waals surface area contributed by atoms with E-state index < -0.39 is 28.8 Å². The predicted molar refractivity (Wildman–Crippen MR) is 156 cm³/mol. The summed E-state index contributed by atoms with van der Waals surface area (Å²) in [7, 11) is -1.95.